The third-order valence-electron chi connectivity index (χ3n) is 4.75. The molecule has 3 atom stereocenters. The van der Waals surface area contributed by atoms with Crippen molar-refractivity contribution in [1.82, 2.24) is 0 Å². The van der Waals surface area contributed by atoms with Crippen molar-refractivity contribution in [3.8, 4) is 0 Å². The van der Waals surface area contributed by atoms with E-state index in [1.165, 1.54) is 51.4 Å². The maximum Gasteiger partial charge on any atom is 0.472 e. The molecule has 8 nitrogen and oxygen atoms in total. The molecule has 0 saturated heterocycles. The number of phosphoric ester groups is 1. The van der Waals surface area contributed by atoms with Crippen LogP contribution >= 0.6 is 7.82 Å². The summed E-state index contributed by atoms with van der Waals surface area (Å²) in [6.07, 6.45) is 11.7. The van der Waals surface area contributed by atoms with Crippen molar-refractivity contribution in [2.24, 2.45) is 0 Å². The second-order valence-electron chi connectivity index (χ2n) is 7.74. The molecule has 0 saturated carbocycles. The van der Waals surface area contributed by atoms with Crippen LogP contribution in [0.2, 0.25) is 0 Å². The highest BCUT2D eigenvalue weighted by Crippen LogP contribution is 2.43. The van der Waals surface area contributed by atoms with Crippen molar-refractivity contribution in [3.63, 3.8) is 0 Å². The first-order valence-corrected chi connectivity index (χ1v) is 12.9. The van der Waals surface area contributed by atoms with Crippen LogP contribution in [0.3, 0.4) is 0 Å². The predicted octanol–water partition coefficient (Wildman–Crippen LogP) is 4.50. The topological polar surface area (TPSA) is 123 Å². The Morgan fingerprint density at radius 1 is 0.767 bits per heavy atom. The largest absolute Gasteiger partial charge is 0.472 e. The minimum Gasteiger partial charge on any atom is -0.463 e. The van der Waals surface area contributed by atoms with Gasteiger partial charge in [-0.05, 0) is 12.8 Å². The number of rotatable bonds is 21. The molecule has 2 unspecified atom stereocenters. The summed E-state index contributed by atoms with van der Waals surface area (Å²) in [5.74, 6) is -0.403. The Morgan fingerprint density at radius 2 is 1.23 bits per heavy atom. The average Bonchev–Trinajstić information content (AvgIpc) is 2.73. The van der Waals surface area contributed by atoms with Crippen molar-refractivity contribution in [2.45, 2.75) is 110 Å². The Bertz CT molecular complexity index is 460. The van der Waals surface area contributed by atoms with Crippen molar-refractivity contribution >= 4 is 13.8 Å². The second-order valence-corrected chi connectivity index (χ2v) is 9.20. The molecular weight excluding hydrogens is 411 g/mol. The summed E-state index contributed by atoms with van der Waals surface area (Å²) in [5.41, 5.74) is 0. The quantitative estimate of drug-likeness (QED) is 0.132. The Labute approximate surface area is 181 Å². The van der Waals surface area contributed by atoms with E-state index in [4.69, 9.17) is 4.74 Å². The summed E-state index contributed by atoms with van der Waals surface area (Å²) < 4.78 is 25.8. The van der Waals surface area contributed by atoms with E-state index in [0.29, 0.717) is 12.8 Å². The minimum atomic E-state index is -4.36. The third kappa shape index (κ3) is 19.5. The lowest BCUT2D eigenvalue weighted by Gasteiger charge is -2.16. The SMILES string of the molecule is CCCCCCCCCCCCCC(=O)OC[C@@H](O)COP(=O)(O)OCC(O)CC. The first-order chi connectivity index (χ1) is 14.3. The Kier molecular flexibility index (Phi) is 18.9. The highest BCUT2D eigenvalue weighted by atomic mass is 31.2. The molecule has 180 valence electrons. The van der Waals surface area contributed by atoms with Crippen LogP contribution in [0, 0.1) is 0 Å². The number of aliphatic hydroxyl groups excluding tert-OH is 2. The van der Waals surface area contributed by atoms with Crippen LogP contribution in [0.4, 0.5) is 0 Å². The van der Waals surface area contributed by atoms with Gasteiger partial charge in [-0.25, -0.2) is 4.57 Å². The standard InChI is InChI=1S/C21H43O8P/c1-3-5-6-7-8-9-10-11-12-13-14-15-21(24)27-16-20(23)18-29-30(25,26)28-17-19(22)4-2/h19-20,22-23H,3-18H2,1-2H3,(H,25,26)/t19?,20-/m1/s1. The van der Waals surface area contributed by atoms with Gasteiger partial charge < -0.3 is 19.8 Å². The Morgan fingerprint density at radius 3 is 1.73 bits per heavy atom. The fourth-order valence-electron chi connectivity index (χ4n) is 2.76. The van der Waals surface area contributed by atoms with Crippen molar-refractivity contribution in [3.05, 3.63) is 0 Å². The lowest BCUT2D eigenvalue weighted by atomic mass is 10.1. The van der Waals surface area contributed by atoms with E-state index in [-0.39, 0.29) is 13.2 Å². The van der Waals surface area contributed by atoms with E-state index in [9.17, 15) is 24.5 Å². The normalized spacial score (nSPS) is 15.5. The van der Waals surface area contributed by atoms with Gasteiger partial charge >= 0.3 is 13.8 Å². The van der Waals surface area contributed by atoms with E-state index in [0.717, 1.165) is 19.3 Å². The van der Waals surface area contributed by atoms with Crippen LogP contribution in [-0.2, 0) is 23.1 Å². The smallest absolute Gasteiger partial charge is 0.463 e. The summed E-state index contributed by atoms with van der Waals surface area (Å²) >= 11 is 0. The van der Waals surface area contributed by atoms with Gasteiger partial charge in [0.2, 0.25) is 0 Å². The van der Waals surface area contributed by atoms with Crippen LogP contribution in [0.15, 0.2) is 0 Å². The number of carbonyl (C=O) groups excluding carboxylic acids is 1. The first-order valence-electron chi connectivity index (χ1n) is 11.4. The van der Waals surface area contributed by atoms with Crippen LogP contribution in [0.1, 0.15) is 97.3 Å². The summed E-state index contributed by atoms with van der Waals surface area (Å²) in [7, 11) is -4.36. The molecule has 0 aliphatic rings. The number of esters is 1. The van der Waals surface area contributed by atoms with E-state index in [1.807, 2.05) is 0 Å². The molecule has 0 fully saturated rings. The maximum absolute atomic E-state index is 11.7. The number of phosphoric acid groups is 1. The fraction of sp³-hybridized carbons (Fsp3) is 0.952. The number of unbranched alkanes of at least 4 members (excludes halogenated alkanes) is 10. The molecular formula is C21H43O8P. The second kappa shape index (κ2) is 19.2. The van der Waals surface area contributed by atoms with Crippen LogP contribution in [-0.4, -0.2) is 53.1 Å². The number of hydrogen-bond acceptors (Lipinski definition) is 7. The molecule has 0 aromatic heterocycles. The molecule has 0 spiro atoms. The monoisotopic (exact) mass is 454 g/mol. The van der Waals surface area contributed by atoms with Gasteiger partial charge in [-0.1, -0.05) is 78.1 Å². The summed E-state index contributed by atoms with van der Waals surface area (Å²) in [6.45, 7) is 2.76. The molecule has 0 rings (SSSR count). The third-order valence-corrected chi connectivity index (χ3v) is 5.70. The number of ether oxygens (including phenoxy) is 1. The van der Waals surface area contributed by atoms with Gasteiger partial charge in [0.05, 0.1) is 19.3 Å². The average molecular weight is 455 g/mol. The summed E-state index contributed by atoms with van der Waals surface area (Å²) in [5, 5.41) is 19.0. The zero-order chi connectivity index (χ0) is 22.7. The van der Waals surface area contributed by atoms with Gasteiger partial charge in [-0.3, -0.25) is 13.8 Å². The zero-order valence-corrected chi connectivity index (χ0v) is 19.7. The van der Waals surface area contributed by atoms with Gasteiger partial charge in [0.15, 0.2) is 0 Å². The van der Waals surface area contributed by atoms with Crippen LogP contribution in [0.25, 0.3) is 0 Å². The number of hydrogen-bond donors (Lipinski definition) is 3. The van der Waals surface area contributed by atoms with E-state index < -0.39 is 32.6 Å². The maximum atomic E-state index is 11.7. The predicted molar refractivity (Wildman–Crippen MR) is 116 cm³/mol. The van der Waals surface area contributed by atoms with E-state index >= 15 is 0 Å². The summed E-state index contributed by atoms with van der Waals surface area (Å²) in [6, 6.07) is 0. The van der Waals surface area contributed by atoms with Gasteiger partial charge in [0, 0.05) is 6.42 Å². The lowest BCUT2D eigenvalue weighted by molar-refractivity contribution is -0.147. The molecule has 0 heterocycles. The van der Waals surface area contributed by atoms with Crippen LogP contribution < -0.4 is 0 Å². The van der Waals surface area contributed by atoms with E-state index in [1.54, 1.807) is 6.92 Å². The molecule has 0 aliphatic heterocycles. The molecule has 0 bridgehead atoms. The minimum absolute atomic E-state index is 0.293. The highest BCUT2D eigenvalue weighted by Gasteiger charge is 2.24. The molecule has 0 aromatic rings. The molecule has 9 heteroatoms. The Balaban J connectivity index is 3.60. The lowest BCUT2D eigenvalue weighted by Crippen LogP contribution is -2.23. The number of aliphatic hydroxyl groups is 2. The van der Waals surface area contributed by atoms with Gasteiger partial charge in [0.1, 0.15) is 12.7 Å². The molecule has 3 N–H and O–H groups in total. The van der Waals surface area contributed by atoms with Gasteiger partial charge in [0.25, 0.3) is 0 Å². The zero-order valence-electron chi connectivity index (χ0n) is 18.8. The molecule has 0 aromatic carbocycles. The molecule has 0 amide bonds. The van der Waals surface area contributed by atoms with Crippen molar-refractivity contribution in [1.29, 1.82) is 0 Å². The Hall–Kier alpha value is -0.500. The first kappa shape index (κ1) is 29.5. The van der Waals surface area contributed by atoms with Crippen LogP contribution in [0.5, 0.6) is 0 Å². The highest BCUT2D eigenvalue weighted by molar-refractivity contribution is 7.47. The van der Waals surface area contributed by atoms with Gasteiger partial charge in [-0.2, -0.15) is 0 Å². The molecule has 30 heavy (non-hydrogen) atoms. The van der Waals surface area contributed by atoms with Crippen molar-refractivity contribution in [2.75, 3.05) is 19.8 Å². The van der Waals surface area contributed by atoms with E-state index in [2.05, 4.69) is 16.0 Å². The fourth-order valence-corrected chi connectivity index (χ4v) is 3.55. The van der Waals surface area contributed by atoms with Crippen molar-refractivity contribution < 1.29 is 38.3 Å². The molecule has 0 radical (unpaired) electrons. The van der Waals surface area contributed by atoms with Gasteiger partial charge in [-0.15, -0.1) is 0 Å². The number of carbonyl (C=O) groups is 1. The summed E-state index contributed by atoms with van der Waals surface area (Å²) in [4.78, 5) is 21.1. The molecule has 0 aliphatic carbocycles.